The molecule has 0 radical (unpaired) electrons. The number of esters is 1. The molecule has 7 unspecified atom stereocenters. The number of hydrogen-bond donors (Lipinski definition) is 1. The van der Waals surface area contributed by atoms with Crippen molar-refractivity contribution in [3.8, 4) is 0 Å². The van der Waals surface area contributed by atoms with Crippen molar-refractivity contribution < 1.29 is 23.8 Å². The summed E-state index contributed by atoms with van der Waals surface area (Å²) in [5.74, 6) is 0.129. The minimum absolute atomic E-state index is 0.0242. The maximum absolute atomic E-state index is 12.3. The van der Waals surface area contributed by atoms with E-state index in [4.69, 9.17) is 14.2 Å². The summed E-state index contributed by atoms with van der Waals surface area (Å²) >= 11 is 0. The maximum Gasteiger partial charge on any atom is 0.309 e. The van der Waals surface area contributed by atoms with Crippen LogP contribution in [0.3, 0.4) is 0 Å². The van der Waals surface area contributed by atoms with Gasteiger partial charge in [0.05, 0.1) is 35.9 Å². The molecule has 146 valence electrons. The number of epoxide rings is 2. The Morgan fingerprint density at radius 3 is 2.27 bits per heavy atom. The molecular weight excluding hydrogens is 334 g/mol. The van der Waals surface area contributed by atoms with Crippen LogP contribution in [0.15, 0.2) is 0 Å². The van der Waals surface area contributed by atoms with E-state index in [-0.39, 0.29) is 53.0 Å². The smallest absolute Gasteiger partial charge is 0.309 e. The maximum atomic E-state index is 12.3. The van der Waals surface area contributed by atoms with Crippen LogP contribution in [0.4, 0.5) is 0 Å². The fourth-order valence-electron chi connectivity index (χ4n) is 4.56. The number of carbonyl (C=O) groups is 2. The van der Waals surface area contributed by atoms with Gasteiger partial charge in [-0.3, -0.25) is 9.59 Å². The van der Waals surface area contributed by atoms with Gasteiger partial charge >= 0.3 is 5.97 Å². The number of carbonyl (C=O) groups excluding carboxylic acids is 2. The van der Waals surface area contributed by atoms with E-state index in [0.717, 1.165) is 38.5 Å². The topological polar surface area (TPSA) is 80.5 Å². The lowest BCUT2D eigenvalue weighted by Crippen LogP contribution is -2.38. The van der Waals surface area contributed by atoms with Gasteiger partial charge in [-0.05, 0) is 52.4 Å². The van der Waals surface area contributed by atoms with Crippen molar-refractivity contribution in [3.05, 3.63) is 0 Å². The van der Waals surface area contributed by atoms with Crippen molar-refractivity contribution in [2.75, 3.05) is 13.2 Å². The number of fused-ring (bicyclic) bond motifs is 2. The van der Waals surface area contributed by atoms with Crippen LogP contribution in [0.25, 0.3) is 0 Å². The van der Waals surface area contributed by atoms with E-state index in [1.807, 2.05) is 6.92 Å². The molecule has 0 spiro atoms. The second kappa shape index (κ2) is 6.48. The Kier molecular flexibility index (Phi) is 4.55. The zero-order valence-electron chi connectivity index (χ0n) is 16.1. The molecule has 4 fully saturated rings. The molecule has 4 aliphatic rings. The van der Waals surface area contributed by atoms with E-state index in [0.29, 0.717) is 13.2 Å². The largest absolute Gasteiger partial charge is 0.465 e. The van der Waals surface area contributed by atoms with Crippen molar-refractivity contribution in [1.29, 1.82) is 0 Å². The van der Waals surface area contributed by atoms with Crippen molar-refractivity contribution in [3.63, 3.8) is 0 Å². The Bertz CT molecular complexity index is 545. The highest BCUT2D eigenvalue weighted by molar-refractivity contribution is 5.79. The van der Waals surface area contributed by atoms with Crippen molar-refractivity contribution >= 4 is 11.9 Å². The molecule has 0 bridgehead atoms. The molecule has 26 heavy (non-hydrogen) atoms. The summed E-state index contributed by atoms with van der Waals surface area (Å²) in [6, 6.07) is 0. The molecule has 0 aromatic rings. The minimum atomic E-state index is -0.113. The first-order valence-corrected chi connectivity index (χ1v) is 10.1. The van der Waals surface area contributed by atoms with E-state index < -0.39 is 0 Å². The molecule has 4 rings (SSSR count). The average Bonchev–Trinajstić information content (AvgIpc) is 3.48. The molecule has 1 N–H and O–H groups in total. The molecule has 1 amide bonds. The number of hydrogen-bond acceptors (Lipinski definition) is 5. The summed E-state index contributed by atoms with van der Waals surface area (Å²) in [4.78, 5) is 24.6. The monoisotopic (exact) mass is 365 g/mol. The van der Waals surface area contributed by atoms with Crippen molar-refractivity contribution in [1.82, 2.24) is 5.32 Å². The highest BCUT2D eigenvalue weighted by atomic mass is 16.6. The van der Waals surface area contributed by atoms with Gasteiger partial charge in [-0.1, -0.05) is 6.92 Å². The van der Waals surface area contributed by atoms with Crippen LogP contribution < -0.4 is 5.32 Å². The first kappa shape index (κ1) is 18.2. The molecule has 6 nitrogen and oxygen atoms in total. The Morgan fingerprint density at radius 1 is 1.08 bits per heavy atom. The van der Waals surface area contributed by atoms with Crippen molar-refractivity contribution in [2.45, 2.75) is 82.7 Å². The standard InChI is InChI=1S/C20H31NO5/c1-12(10-21-17(22)13-4-6-19(2)15(8-13)25-19)11-24-18(23)14-5-7-20(3)16(9-14)26-20/h12-16H,4-11H2,1-3H3,(H,21,22). The van der Waals surface area contributed by atoms with Gasteiger partial charge in [0.1, 0.15) is 0 Å². The summed E-state index contributed by atoms with van der Waals surface area (Å²) in [6.45, 7) is 7.14. The number of rotatable bonds is 6. The number of amides is 1. The summed E-state index contributed by atoms with van der Waals surface area (Å²) in [6.07, 6.45) is 5.76. The van der Waals surface area contributed by atoms with Gasteiger partial charge in [0.25, 0.3) is 0 Å². The summed E-state index contributed by atoms with van der Waals surface area (Å²) < 4.78 is 16.8. The lowest BCUT2D eigenvalue weighted by atomic mass is 9.82. The van der Waals surface area contributed by atoms with Gasteiger partial charge in [0.15, 0.2) is 0 Å². The van der Waals surface area contributed by atoms with Crippen LogP contribution in [0.2, 0.25) is 0 Å². The summed E-state index contributed by atoms with van der Waals surface area (Å²) in [5, 5.41) is 3.02. The predicted molar refractivity (Wildman–Crippen MR) is 94.4 cm³/mol. The zero-order valence-corrected chi connectivity index (χ0v) is 16.1. The van der Waals surface area contributed by atoms with Gasteiger partial charge in [0.2, 0.25) is 5.91 Å². The van der Waals surface area contributed by atoms with E-state index in [1.54, 1.807) is 0 Å². The average molecular weight is 365 g/mol. The van der Waals surface area contributed by atoms with Crippen LogP contribution in [0.5, 0.6) is 0 Å². The molecule has 2 heterocycles. The highest BCUT2D eigenvalue weighted by Gasteiger charge is 2.57. The lowest BCUT2D eigenvalue weighted by Gasteiger charge is -2.23. The van der Waals surface area contributed by atoms with Gasteiger partial charge in [-0.2, -0.15) is 0 Å². The van der Waals surface area contributed by atoms with E-state index in [2.05, 4.69) is 19.2 Å². The van der Waals surface area contributed by atoms with Crippen LogP contribution in [-0.4, -0.2) is 48.4 Å². The second-order valence-electron chi connectivity index (χ2n) is 9.26. The highest BCUT2D eigenvalue weighted by Crippen LogP contribution is 2.50. The molecule has 0 aromatic heterocycles. The number of nitrogens with one attached hydrogen (secondary N) is 1. The van der Waals surface area contributed by atoms with E-state index in [9.17, 15) is 9.59 Å². The first-order valence-electron chi connectivity index (χ1n) is 10.1. The van der Waals surface area contributed by atoms with E-state index in [1.165, 1.54) is 0 Å². The fourth-order valence-corrected chi connectivity index (χ4v) is 4.56. The molecule has 0 aromatic carbocycles. The second-order valence-corrected chi connectivity index (χ2v) is 9.26. The predicted octanol–water partition coefficient (Wildman–Crippen LogP) is 2.20. The van der Waals surface area contributed by atoms with Gasteiger partial charge in [0, 0.05) is 18.4 Å². The quantitative estimate of drug-likeness (QED) is 0.576. The molecule has 2 saturated heterocycles. The molecule has 2 aliphatic heterocycles. The fraction of sp³-hybridized carbons (Fsp3) is 0.900. The van der Waals surface area contributed by atoms with Crippen LogP contribution in [0, 0.1) is 17.8 Å². The Morgan fingerprint density at radius 2 is 1.65 bits per heavy atom. The molecule has 7 atom stereocenters. The van der Waals surface area contributed by atoms with Gasteiger partial charge in [-0.25, -0.2) is 0 Å². The van der Waals surface area contributed by atoms with Gasteiger partial charge in [-0.15, -0.1) is 0 Å². The third-order valence-corrected chi connectivity index (χ3v) is 6.89. The van der Waals surface area contributed by atoms with E-state index >= 15 is 0 Å². The zero-order chi connectivity index (χ0) is 18.5. The molecule has 2 saturated carbocycles. The SMILES string of the molecule is CC(CNC(=O)C1CCC2(C)OC2C1)COC(=O)C1CCC2(C)OC2C1. The van der Waals surface area contributed by atoms with Gasteiger partial charge < -0.3 is 19.5 Å². The Labute approximate surface area is 155 Å². The molecule has 6 heteroatoms. The minimum Gasteiger partial charge on any atom is -0.465 e. The number of ether oxygens (including phenoxy) is 3. The van der Waals surface area contributed by atoms with Crippen molar-refractivity contribution in [2.24, 2.45) is 17.8 Å². The molecular formula is C20H31NO5. The first-order chi connectivity index (χ1) is 12.3. The van der Waals surface area contributed by atoms with Crippen LogP contribution in [0.1, 0.15) is 59.3 Å². The summed E-state index contributed by atoms with van der Waals surface area (Å²) in [5.41, 5.74) is 0.0662. The molecule has 2 aliphatic carbocycles. The summed E-state index contributed by atoms with van der Waals surface area (Å²) in [7, 11) is 0. The third-order valence-electron chi connectivity index (χ3n) is 6.89. The third kappa shape index (κ3) is 3.63. The van der Waals surface area contributed by atoms with Crippen LogP contribution in [-0.2, 0) is 23.8 Å². The lowest BCUT2D eigenvalue weighted by molar-refractivity contribution is -0.150. The normalized spacial score (nSPS) is 44.3. The van der Waals surface area contributed by atoms with Crippen LogP contribution >= 0.6 is 0 Å². The Balaban J connectivity index is 1.12. The Hall–Kier alpha value is -1.14.